The molecule has 2 N–H and O–H groups in total. The molecule has 5 atom stereocenters. The maximum atomic E-state index is 13.7. The number of benzene rings is 3. The van der Waals surface area contributed by atoms with Gasteiger partial charge < -0.3 is 48.0 Å². The highest BCUT2D eigenvalue weighted by Crippen LogP contribution is 2.50. The molecule has 3 aliphatic rings. The molecule has 3 heterocycles. The number of fused-ring (bicyclic) bond motifs is 6. The molecule has 3 aromatic carbocycles. The Morgan fingerprint density at radius 3 is 2.18 bits per heavy atom. The van der Waals surface area contributed by atoms with Crippen LogP contribution < -0.4 is 28.4 Å². The lowest BCUT2D eigenvalue weighted by Crippen LogP contribution is -2.52. The minimum atomic E-state index is -1.02. The Kier molecular flexibility index (Phi) is 12.1. The van der Waals surface area contributed by atoms with Gasteiger partial charge in [0, 0.05) is 61.1 Å². The van der Waals surface area contributed by atoms with Gasteiger partial charge in [-0.15, -0.1) is 0 Å². The van der Waals surface area contributed by atoms with Gasteiger partial charge in [-0.25, -0.2) is 9.59 Å². The second kappa shape index (κ2) is 16.9. The number of rotatable bonds is 9. The van der Waals surface area contributed by atoms with E-state index in [4.69, 9.17) is 43.0 Å². The molecule has 0 radical (unpaired) electrons. The average Bonchev–Trinajstić information content (AvgIpc) is 3.59. The van der Waals surface area contributed by atoms with Gasteiger partial charge in [-0.1, -0.05) is 0 Å². The van der Waals surface area contributed by atoms with Gasteiger partial charge in [0.25, 0.3) is 0 Å². The summed E-state index contributed by atoms with van der Waals surface area (Å²) in [5.41, 5.74) is 4.26. The minimum absolute atomic E-state index is 0.0714. The largest absolute Gasteiger partial charge is 0.519 e. The lowest BCUT2D eigenvalue weighted by atomic mass is 9.65. The molecule has 0 amide bonds. The van der Waals surface area contributed by atoms with E-state index < -0.39 is 24.1 Å². The van der Waals surface area contributed by atoms with Crippen molar-refractivity contribution in [3.8, 4) is 34.5 Å². The second-order valence-electron chi connectivity index (χ2n) is 13.8. The molecule has 14 heteroatoms. The third kappa shape index (κ3) is 8.01. The van der Waals surface area contributed by atoms with Crippen LogP contribution in [-0.4, -0.2) is 94.9 Å². The number of hydrogen-bond donors (Lipinski definition) is 2. The van der Waals surface area contributed by atoms with Gasteiger partial charge in [0.05, 0.1) is 53.1 Å². The molecular weight excluding hydrogens is 712 g/mol. The summed E-state index contributed by atoms with van der Waals surface area (Å²) in [5.74, 6) is 0.984. The molecule has 0 spiro atoms. The molecule has 7 rings (SSSR count). The van der Waals surface area contributed by atoms with Crippen LogP contribution in [0.3, 0.4) is 0 Å². The van der Waals surface area contributed by atoms with Gasteiger partial charge in [0.1, 0.15) is 29.1 Å². The number of aromatic amines is 1. The van der Waals surface area contributed by atoms with Crippen molar-refractivity contribution in [1.29, 1.82) is 0 Å². The number of carbonyl (C=O) groups excluding carboxylic acids is 3. The smallest absolute Gasteiger partial charge is 0.497 e. The van der Waals surface area contributed by atoms with Crippen LogP contribution in [0.1, 0.15) is 52.5 Å². The minimum Gasteiger partial charge on any atom is -0.497 e. The highest BCUT2D eigenvalue weighted by Gasteiger charge is 2.49. The molecule has 1 aromatic heterocycles. The first-order chi connectivity index (χ1) is 26.6. The highest BCUT2D eigenvalue weighted by atomic mass is 16.7. The molecule has 2 aliphatic heterocycles. The number of nitrogens with one attached hydrogen (secondary N) is 1. The van der Waals surface area contributed by atoms with E-state index in [0.29, 0.717) is 29.9 Å². The summed E-state index contributed by atoms with van der Waals surface area (Å²) in [5, 5.41) is 8.21. The quantitative estimate of drug-likeness (QED) is 0.150. The number of hydrogen-bond acceptors (Lipinski definition) is 13. The van der Waals surface area contributed by atoms with E-state index >= 15 is 0 Å². The molecule has 1 saturated heterocycles. The van der Waals surface area contributed by atoms with E-state index in [1.165, 1.54) is 63.3 Å². The predicted octanol–water partition coefficient (Wildman–Crippen LogP) is 6.04. The highest BCUT2D eigenvalue weighted by molar-refractivity contribution is 5.91. The number of methoxy groups -OCH3 is 5. The Hall–Kier alpha value is -5.47. The van der Waals surface area contributed by atoms with Gasteiger partial charge in [0.2, 0.25) is 0 Å². The third-order valence-corrected chi connectivity index (χ3v) is 10.9. The first-order valence-corrected chi connectivity index (χ1v) is 18.1. The number of aliphatic hydroxyl groups excluding tert-OH is 1. The van der Waals surface area contributed by atoms with Crippen molar-refractivity contribution < 1.29 is 57.4 Å². The van der Waals surface area contributed by atoms with E-state index in [2.05, 4.69) is 16.0 Å². The topological polar surface area (TPSA) is 164 Å². The molecule has 294 valence electrons. The molecule has 1 saturated carbocycles. The van der Waals surface area contributed by atoms with Gasteiger partial charge in [-0.3, -0.25) is 9.69 Å². The van der Waals surface area contributed by atoms with Gasteiger partial charge in [-0.2, -0.15) is 0 Å². The second-order valence-corrected chi connectivity index (χ2v) is 13.8. The predicted molar refractivity (Wildman–Crippen MR) is 200 cm³/mol. The molecule has 2 fully saturated rings. The molecule has 0 bridgehead atoms. The van der Waals surface area contributed by atoms with E-state index in [0.717, 1.165) is 44.3 Å². The molecule has 1 aliphatic carbocycles. The SMILES string of the molecule is CO.COC(=O)C1CC(OC(=O)c2cc(C)c(OC(=O)Oc3cc(OC)cc(OC)c3)c(OC)c2)C[C@@H]2CN3CCc4c([nH]c5cc(OC)ccc45)C3C[C@H]12. The zero-order valence-electron chi connectivity index (χ0n) is 32.1. The summed E-state index contributed by atoms with van der Waals surface area (Å²) in [7, 11) is 8.45. The summed E-state index contributed by atoms with van der Waals surface area (Å²) in [6.07, 6.45) is 1.19. The lowest BCUT2D eigenvalue weighted by Gasteiger charge is -2.51. The fourth-order valence-corrected chi connectivity index (χ4v) is 8.46. The molecule has 3 unspecified atom stereocenters. The summed E-state index contributed by atoms with van der Waals surface area (Å²) in [4.78, 5) is 45.9. The van der Waals surface area contributed by atoms with Crippen molar-refractivity contribution >= 4 is 29.0 Å². The number of ether oxygens (including phenoxy) is 8. The normalized spacial score (nSPS) is 21.3. The Labute approximate surface area is 319 Å². The third-order valence-electron chi connectivity index (χ3n) is 10.9. The Bertz CT molecular complexity index is 2020. The van der Waals surface area contributed by atoms with Crippen LogP contribution in [0.4, 0.5) is 4.79 Å². The molecule has 4 aromatic rings. The number of aliphatic hydroxyl groups is 1. The van der Waals surface area contributed by atoms with Gasteiger partial charge in [0.15, 0.2) is 11.5 Å². The molecule has 14 nitrogen and oxygen atoms in total. The Morgan fingerprint density at radius 2 is 1.51 bits per heavy atom. The van der Waals surface area contributed by atoms with Gasteiger partial charge in [-0.05, 0) is 79.8 Å². The number of aryl methyl sites for hydroxylation is 1. The fourth-order valence-electron chi connectivity index (χ4n) is 8.46. The van der Waals surface area contributed by atoms with Crippen molar-refractivity contribution in [2.75, 3.05) is 55.7 Å². The van der Waals surface area contributed by atoms with Crippen molar-refractivity contribution in [3.63, 3.8) is 0 Å². The van der Waals surface area contributed by atoms with Crippen LogP contribution in [0.15, 0.2) is 48.5 Å². The zero-order valence-corrected chi connectivity index (χ0v) is 32.1. The van der Waals surface area contributed by atoms with Crippen molar-refractivity contribution in [2.24, 2.45) is 17.8 Å². The van der Waals surface area contributed by atoms with E-state index in [-0.39, 0.29) is 46.7 Å². The number of esters is 2. The average molecular weight is 761 g/mol. The van der Waals surface area contributed by atoms with Crippen molar-refractivity contribution in [1.82, 2.24) is 9.88 Å². The van der Waals surface area contributed by atoms with Crippen LogP contribution in [-0.2, 0) is 20.7 Å². The summed E-state index contributed by atoms with van der Waals surface area (Å²) in [6.45, 7) is 3.37. The number of aromatic nitrogens is 1. The number of nitrogens with zero attached hydrogens (tertiary/aromatic N) is 1. The molecular formula is C41H48N2O12. The van der Waals surface area contributed by atoms with Crippen LogP contribution in [0, 0.1) is 24.7 Å². The number of piperidine rings is 1. The number of carbonyl (C=O) groups is 3. The zero-order chi connectivity index (χ0) is 39.4. The van der Waals surface area contributed by atoms with E-state index in [1.807, 2.05) is 12.1 Å². The van der Waals surface area contributed by atoms with Crippen LogP contribution >= 0.6 is 0 Å². The van der Waals surface area contributed by atoms with Crippen molar-refractivity contribution in [2.45, 2.75) is 44.8 Å². The standard InChI is InChI=1S/C40H44N2O11.CH4O/c1-21-11-22(13-35(49-5)37(21)53-40(45)52-28-15-25(47-3)14-26(16-28)48-4)38(43)51-27-12-23-20-42-10-9-30-29-8-7-24(46-2)18-33(29)41-36(30)34(42)19-31(23)32(17-27)39(44)50-6;1-2/h7-8,11,13-16,18,23,27,31-32,34,41H,9-10,12,17,19-20H2,1-6H3;2H,1H3/t23-,27?,31+,32?,34?;/m1./s1. The molecule has 55 heavy (non-hydrogen) atoms. The maximum absolute atomic E-state index is 13.7. The van der Waals surface area contributed by atoms with Crippen LogP contribution in [0.25, 0.3) is 10.9 Å². The first kappa shape index (κ1) is 39.2. The first-order valence-electron chi connectivity index (χ1n) is 18.1. The fraction of sp³-hybridized carbons (Fsp3) is 0.439. The van der Waals surface area contributed by atoms with Crippen LogP contribution in [0.2, 0.25) is 0 Å². The summed E-state index contributed by atoms with van der Waals surface area (Å²) < 4.78 is 43.8. The van der Waals surface area contributed by atoms with Gasteiger partial charge >= 0.3 is 18.1 Å². The Balaban J connectivity index is 0.00000253. The van der Waals surface area contributed by atoms with E-state index in [9.17, 15) is 14.4 Å². The number of H-pyrrole nitrogens is 1. The maximum Gasteiger partial charge on any atom is 0.519 e. The van der Waals surface area contributed by atoms with Crippen LogP contribution in [0.5, 0.6) is 34.5 Å². The Morgan fingerprint density at radius 1 is 0.800 bits per heavy atom. The lowest BCUT2D eigenvalue weighted by molar-refractivity contribution is -0.155. The van der Waals surface area contributed by atoms with Crippen molar-refractivity contribution in [3.05, 3.63) is 70.9 Å². The summed E-state index contributed by atoms with van der Waals surface area (Å²) >= 11 is 0. The van der Waals surface area contributed by atoms with E-state index in [1.54, 1.807) is 26.2 Å². The monoisotopic (exact) mass is 760 g/mol. The summed E-state index contributed by atoms with van der Waals surface area (Å²) in [6, 6.07) is 14.0.